The predicted molar refractivity (Wildman–Crippen MR) is 162 cm³/mol. The largest absolute Gasteiger partial charge is 0.573 e. The number of nitrogens with one attached hydrogen (secondary N) is 1. The Hall–Kier alpha value is -4.89. The molecule has 4 aromatic rings. The van der Waals surface area contributed by atoms with Crippen molar-refractivity contribution in [3.05, 3.63) is 89.5 Å². The Labute approximate surface area is 260 Å². The van der Waals surface area contributed by atoms with E-state index in [0.717, 1.165) is 11.1 Å². The first-order valence-electron chi connectivity index (χ1n) is 13.4. The summed E-state index contributed by atoms with van der Waals surface area (Å²) < 4.78 is 53.5. The molecule has 45 heavy (non-hydrogen) atoms. The van der Waals surface area contributed by atoms with Gasteiger partial charge in [-0.15, -0.1) is 18.3 Å². The van der Waals surface area contributed by atoms with Crippen LogP contribution in [0.2, 0.25) is 0 Å². The summed E-state index contributed by atoms with van der Waals surface area (Å²) in [6.45, 7) is 4.03. The molecule has 0 aliphatic carbocycles. The van der Waals surface area contributed by atoms with E-state index >= 15 is 0 Å². The van der Waals surface area contributed by atoms with Gasteiger partial charge in [0.2, 0.25) is 5.91 Å². The molecular formula is C30H27F3N6O5S. The van der Waals surface area contributed by atoms with Crippen molar-refractivity contribution in [3.8, 4) is 17.2 Å². The van der Waals surface area contributed by atoms with Crippen LogP contribution in [0.15, 0.2) is 72.0 Å². The van der Waals surface area contributed by atoms with Crippen molar-refractivity contribution in [2.75, 3.05) is 23.1 Å². The zero-order chi connectivity index (χ0) is 32.1. The molecular weight excluding hydrogens is 613 g/mol. The molecule has 1 fully saturated rings. The van der Waals surface area contributed by atoms with E-state index in [1.165, 1.54) is 51.9 Å². The number of halogens is 3. The number of methoxy groups -OCH3 is 1. The molecule has 1 aliphatic heterocycles. The van der Waals surface area contributed by atoms with Gasteiger partial charge in [-0.05, 0) is 73.5 Å². The van der Waals surface area contributed by atoms with Gasteiger partial charge in [0.1, 0.15) is 24.4 Å². The number of ether oxygens (including phenoxy) is 3. The number of amidine groups is 1. The molecule has 1 aromatic heterocycles. The smallest absolute Gasteiger partial charge is 0.486 e. The monoisotopic (exact) mass is 640 g/mol. The summed E-state index contributed by atoms with van der Waals surface area (Å²) in [7, 11) is 1.57. The van der Waals surface area contributed by atoms with Crippen molar-refractivity contribution in [3.63, 3.8) is 0 Å². The molecule has 2 heterocycles. The maximum absolute atomic E-state index is 12.9. The molecule has 15 heteroatoms. The lowest BCUT2D eigenvalue weighted by Crippen LogP contribution is -2.31. The number of anilines is 2. The highest BCUT2D eigenvalue weighted by atomic mass is 32.2. The van der Waals surface area contributed by atoms with Gasteiger partial charge in [-0.25, -0.2) is 14.5 Å². The van der Waals surface area contributed by atoms with Gasteiger partial charge in [-0.2, -0.15) is 4.99 Å². The topological polar surface area (TPSA) is 120 Å². The van der Waals surface area contributed by atoms with E-state index in [-0.39, 0.29) is 29.2 Å². The first-order chi connectivity index (χ1) is 21.5. The first-order valence-corrected chi connectivity index (χ1v) is 14.4. The zero-order valence-corrected chi connectivity index (χ0v) is 25.1. The summed E-state index contributed by atoms with van der Waals surface area (Å²) >= 11 is 1.18. The number of amides is 3. The van der Waals surface area contributed by atoms with E-state index < -0.39 is 12.4 Å². The average Bonchev–Trinajstić information content (AvgIpc) is 3.60. The Morgan fingerprint density at radius 3 is 2.51 bits per heavy atom. The third kappa shape index (κ3) is 7.99. The number of thioether (sulfide) groups is 1. The molecule has 0 unspecified atom stereocenters. The number of nitrogens with zero attached hydrogens (tertiary/aromatic N) is 5. The lowest BCUT2D eigenvalue weighted by Gasteiger charge is -2.20. The zero-order valence-electron chi connectivity index (χ0n) is 24.3. The molecule has 3 aromatic carbocycles. The van der Waals surface area contributed by atoms with Crippen LogP contribution in [0.25, 0.3) is 5.69 Å². The lowest BCUT2D eigenvalue weighted by molar-refractivity contribution is -0.274. The van der Waals surface area contributed by atoms with Crippen LogP contribution in [0.1, 0.15) is 22.5 Å². The van der Waals surface area contributed by atoms with E-state index in [0.29, 0.717) is 40.8 Å². The van der Waals surface area contributed by atoms with Crippen LogP contribution < -0.4 is 19.7 Å². The van der Waals surface area contributed by atoms with E-state index in [1.807, 2.05) is 25.1 Å². The van der Waals surface area contributed by atoms with Gasteiger partial charge in [0.25, 0.3) is 0 Å². The lowest BCUT2D eigenvalue weighted by atomic mass is 10.1. The van der Waals surface area contributed by atoms with E-state index in [9.17, 15) is 22.8 Å². The number of benzene rings is 3. The predicted octanol–water partition coefficient (Wildman–Crippen LogP) is 6.18. The minimum atomic E-state index is -4.77. The number of aryl methyl sites for hydroxylation is 2. The first kappa shape index (κ1) is 31.5. The summed E-state index contributed by atoms with van der Waals surface area (Å²) in [5.74, 6) is 0.473. The summed E-state index contributed by atoms with van der Waals surface area (Å²) in [5.41, 5.74) is 4.08. The van der Waals surface area contributed by atoms with Gasteiger partial charge >= 0.3 is 12.4 Å². The second kappa shape index (κ2) is 13.4. The molecule has 11 nitrogen and oxygen atoms in total. The molecule has 1 N–H and O–H groups in total. The third-order valence-corrected chi connectivity index (χ3v) is 7.35. The summed E-state index contributed by atoms with van der Waals surface area (Å²) in [6, 6.07) is 15.3. The molecule has 1 aliphatic rings. The number of hydrogen-bond donors (Lipinski definition) is 1. The number of rotatable bonds is 9. The normalized spacial score (nSPS) is 14.2. The van der Waals surface area contributed by atoms with Gasteiger partial charge < -0.3 is 19.5 Å². The number of aromatic nitrogens is 3. The second-order valence-corrected chi connectivity index (χ2v) is 10.8. The molecule has 0 radical (unpaired) electrons. The number of urea groups is 1. The highest BCUT2D eigenvalue weighted by Gasteiger charge is 2.32. The van der Waals surface area contributed by atoms with Crippen LogP contribution in [-0.2, 0) is 22.7 Å². The van der Waals surface area contributed by atoms with Crippen LogP contribution in [0.5, 0.6) is 11.5 Å². The van der Waals surface area contributed by atoms with Gasteiger partial charge in [0.15, 0.2) is 11.0 Å². The summed E-state index contributed by atoms with van der Waals surface area (Å²) in [6.07, 6.45) is -3.36. The molecule has 0 atom stereocenters. The van der Waals surface area contributed by atoms with Crippen LogP contribution in [-0.4, -0.2) is 51.1 Å². The van der Waals surface area contributed by atoms with Crippen molar-refractivity contribution >= 4 is 40.2 Å². The number of hydrogen-bond acceptors (Lipinski definition) is 8. The fraction of sp³-hybridized carbons (Fsp3) is 0.233. The van der Waals surface area contributed by atoms with Crippen molar-refractivity contribution in [2.24, 2.45) is 4.99 Å². The quantitative estimate of drug-likeness (QED) is 0.231. The van der Waals surface area contributed by atoms with E-state index in [4.69, 9.17) is 9.47 Å². The highest BCUT2D eigenvalue weighted by Crippen LogP contribution is 2.31. The highest BCUT2D eigenvalue weighted by molar-refractivity contribution is 8.15. The summed E-state index contributed by atoms with van der Waals surface area (Å²) in [4.78, 5) is 35.5. The van der Waals surface area contributed by atoms with Crippen molar-refractivity contribution in [1.29, 1.82) is 0 Å². The molecule has 0 spiro atoms. The fourth-order valence-electron chi connectivity index (χ4n) is 4.37. The fourth-order valence-corrected chi connectivity index (χ4v) is 5.23. The van der Waals surface area contributed by atoms with Crippen LogP contribution in [0.4, 0.5) is 29.3 Å². The third-order valence-electron chi connectivity index (χ3n) is 6.43. The number of carbonyl (C=O) groups excluding carboxylic acids is 2. The van der Waals surface area contributed by atoms with Gasteiger partial charge in [0.05, 0.1) is 23.7 Å². The Kier molecular flexibility index (Phi) is 9.39. The van der Waals surface area contributed by atoms with Gasteiger partial charge in [-0.3, -0.25) is 9.69 Å². The standard InChI is InChI=1S/C30H27F3N6O5S/c1-18-4-5-20(14-42-3)25(12-18)39-27(40)16-45-29(39)36-28(41)35-24-11-10-23(13-19(24)2)43-15-26-34-17-38(37-26)21-6-8-22(9-7-21)44-30(31,32)33/h4-13,17H,14-16H2,1-3H3,(H,35,41)/b36-29-. The van der Waals surface area contributed by atoms with Crippen LogP contribution >= 0.6 is 11.8 Å². The number of alkyl halides is 3. The Morgan fingerprint density at radius 2 is 1.80 bits per heavy atom. The number of carbonyl (C=O) groups is 2. The average molecular weight is 641 g/mol. The maximum atomic E-state index is 12.9. The van der Waals surface area contributed by atoms with E-state index in [2.05, 4.69) is 25.1 Å². The Balaban J connectivity index is 1.21. The molecule has 0 saturated carbocycles. The second-order valence-electron chi connectivity index (χ2n) is 9.82. The SMILES string of the molecule is COCc1ccc(C)cc1N1C(=O)CS/C1=N\C(=O)Nc1ccc(OCc2ncn(-c3ccc(OC(F)(F)F)cc3)n2)cc1C. The minimum Gasteiger partial charge on any atom is -0.486 e. The molecule has 5 rings (SSSR count). The maximum Gasteiger partial charge on any atom is 0.573 e. The van der Waals surface area contributed by atoms with E-state index in [1.54, 1.807) is 32.2 Å². The summed E-state index contributed by atoms with van der Waals surface area (Å²) in [5, 5.41) is 7.32. The molecule has 0 bridgehead atoms. The minimum absolute atomic E-state index is 0.0200. The number of aliphatic imine (C=N–C) groups is 1. The van der Waals surface area contributed by atoms with Crippen LogP contribution in [0, 0.1) is 13.8 Å². The van der Waals surface area contributed by atoms with Gasteiger partial charge in [-0.1, -0.05) is 23.9 Å². The Bertz CT molecular complexity index is 1740. The van der Waals surface area contributed by atoms with Gasteiger partial charge in [0, 0.05) is 18.4 Å². The molecule has 3 amide bonds. The van der Waals surface area contributed by atoms with Crippen molar-refractivity contribution in [1.82, 2.24) is 14.8 Å². The van der Waals surface area contributed by atoms with Crippen molar-refractivity contribution in [2.45, 2.75) is 33.4 Å². The van der Waals surface area contributed by atoms with Crippen molar-refractivity contribution < 1.29 is 37.0 Å². The molecule has 1 saturated heterocycles. The molecule has 234 valence electrons. The van der Waals surface area contributed by atoms with Crippen LogP contribution in [0.3, 0.4) is 0 Å². The Morgan fingerprint density at radius 1 is 1.04 bits per heavy atom.